The first-order valence-corrected chi connectivity index (χ1v) is 7.60. The summed E-state index contributed by atoms with van der Waals surface area (Å²) in [5.74, 6) is 1.51. The molecule has 4 heteroatoms. The molecule has 1 aliphatic rings. The van der Waals surface area contributed by atoms with Gasteiger partial charge in [0.25, 0.3) is 0 Å². The third-order valence-electron chi connectivity index (χ3n) is 4.42. The molecular weight excluding hydrogens is 264 g/mol. The summed E-state index contributed by atoms with van der Waals surface area (Å²) in [6.45, 7) is 2.41. The summed E-state index contributed by atoms with van der Waals surface area (Å²) in [6, 6.07) is 8.17. The van der Waals surface area contributed by atoms with Crippen molar-refractivity contribution in [3.63, 3.8) is 0 Å². The number of rotatable bonds is 4. The number of hydrogen-bond acceptors (Lipinski definition) is 4. The molecule has 1 aromatic heterocycles. The summed E-state index contributed by atoms with van der Waals surface area (Å²) in [4.78, 5) is 6.88. The van der Waals surface area contributed by atoms with Gasteiger partial charge in [0.05, 0.1) is 12.6 Å². The number of methoxy groups -OCH3 is 1. The van der Waals surface area contributed by atoms with Crippen LogP contribution in [0.2, 0.25) is 0 Å². The van der Waals surface area contributed by atoms with Crippen molar-refractivity contribution in [3.8, 4) is 5.75 Å². The Bertz CT molecular complexity index is 607. The Morgan fingerprint density at radius 1 is 1.29 bits per heavy atom. The topological polar surface area (TPSA) is 45.6 Å². The molecule has 4 nitrogen and oxygen atoms in total. The Labute approximate surface area is 125 Å². The van der Waals surface area contributed by atoms with Gasteiger partial charge in [-0.2, -0.15) is 0 Å². The number of aromatic nitrogens is 1. The number of benzene rings is 1. The lowest BCUT2D eigenvalue weighted by molar-refractivity contribution is 0.240. The van der Waals surface area contributed by atoms with Gasteiger partial charge in [-0.05, 0) is 43.4 Å². The SMILES string of the molecule is COc1ccc2c(N3CCC(CCO)CC3)ccnc2c1. The number of ether oxygens (including phenoxy) is 1. The quantitative estimate of drug-likeness (QED) is 0.938. The maximum absolute atomic E-state index is 9.06. The van der Waals surface area contributed by atoms with Crippen LogP contribution in [0.1, 0.15) is 19.3 Å². The average molecular weight is 286 g/mol. The normalized spacial score (nSPS) is 16.4. The zero-order chi connectivity index (χ0) is 14.7. The molecule has 1 saturated heterocycles. The molecule has 0 saturated carbocycles. The summed E-state index contributed by atoms with van der Waals surface area (Å²) in [5.41, 5.74) is 2.23. The Balaban J connectivity index is 1.84. The van der Waals surface area contributed by atoms with Gasteiger partial charge in [-0.1, -0.05) is 0 Å². The van der Waals surface area contributed by atoms with E-state index in [0.717, 1.165) is 43.6 Å². The molecule has 0 radical (unpaired) electrons. The minimum Gasteiger partial charge on any atom is -0.497 e. The van der Waals surface area contributed by atoms with Gasteiger partial charge >= 0.3 is 0 Å². The number of aliphatic hydroxyl groups is 1. The van der Waals surface area contributed by atoms with E-state index >= 15 is 0 Å². The van der Waals surface area contributed by atoms with E-state index in [1.165, 1.54) is 11.1 Å². The van der Waals surface area contributed by atoms with Crippen molar-refractivity contribution in [2.24, 2.45) is 5.92 Å². The Hall–Kier alpha value is -1.81. The third-order valence-corrected chi connectivity index (χ3v) is 4.42. The number of piperidine rings is 1. The summed E-state index contributed by atoms with van der Waals surface area (Å²) >= 11 is 0. The van der Waals surface area contributed by atoms with E-state index in [2.05, 4.69) is 22.0 Å². The Morgan fingerprint density at radius 2 is 2.10 bits per heavy atom. The molecule has 1 N–H and O–H groups in total. The van der Waals surface area contributed by atoms with E-state index in [0.29, 0.717) is 12.5 Å². The first-order chi connectivity index (χ1) is 10.3. The lowest BCUT2D eigenvalue weighted by Gasteiger charge is -2.34. The summed E-state index contributed by atoms with van der Waals surface area (Å²) in [6.07, 6.45) is 5.11. The van der Waals surface area contributed by atoms with E-state index in [1.54, 1.807) is 7.11 Å². The zero-order valence-corrected chi connectivity index (χ0v) is 12.5. The van der Waals surface area contributed by atoms with Crippen molar-refractivity contribution in [1.29, 1.82) is 0 Å². The molecule has 2 aromatic rings. The zero-order valence-electron chi connectivity index (χ0n) is 12.5. The van der Waals surface area contributed by atoms with Crippen LogP contribution in [0.15, 0.2) is 30.5 Å². The summed E-state index contributed by atoms with van der Waals surface area (Å²) < 4.78 is 5.27. The van der Waals surface area contributed by atoms with Crippen LogP contribution < -0.4 is 9.64 Å². The monoisotopic (exact) mass is 286 g/mol. The molecule has 0 bridgehead atoms. The predicted octanol–water partition coefficient (Wildman–Crippen LogP) is 2.84. The van der Waals surface area contributed by atoms with Gasteiger partial charge in [-0.25, -0.2) is 0 Å². The van der Waals surface area contributed by atoms with Gasteiger partial charge in [-0.3, -0.25) is 4.98 Å². The molecule has 1 fully saturated rings. The van der Waals surface area contributed by atoms with E-state index < -0.39 is 0 Å². The average Bonchev–Trinajstić information content (AvgIpc) is 2.55. The fraction of sp³-hybridized carbons (Fsp3) is 0.471. The number of aliphatic hydroxyl groups excluding tert-OH is 1. The van der Waals surface area contributed by atoms with Gasteiger partial charge in [0.2, 0.25) is 0 Å². The number of hydrogen-bond donors (Lipinski definition) is 1. The van der Waals surface area contributed by atoms with Crippen LogP contribution in [0.5, 0.6) is 5.75 Å². The van der Waals surface area contributed by atoms with Crippen molar-refractivity contribution in [2.75, 3.05) is 31.7 Å². The number of fused-ring (bicyclic) bond motifs is 1. The standard InChI is InChI=1S/C17H22N2O2/c1-21-14-2-3-15-16(12-14)18-8-4-17(15)19-9-5-13(6-10-19)7-11-20/h2-4,8,12-13,20H,5-7,9-11H2,1H3. The van der Waals surface area contributed by atoms with E-state index in [9.17, 15) is 0 Å². The van der Waals surface area contributed by atoms with Gasteiger partial charge in [0.15, 0.2) is 0 Å². The Morgan fingerprint density at radius 3 is 2.81 bits per heavy atom. The number of pyridine rings is 1. The molecule has 3 rings (SSSR count). The molecule has 0 atom stereocenters. The van der Waals surface area contributed by atoms with Gasteiger partial charge in [0.1, 0.15) is 5.75 Å². The molecule has 112 valence electrons. The second-order valence-electron chi connectivity index (χ2n) is 5.66. The fourth-order valence-corrected chi connectivity index (χ4v) is 3.16. The maximum atomic E-state index is 9.06. The van der Waals surface area contributed by atoms with Crippen LogP contribution in [0.25, 0.3) is 10.9 Å². The lowest BCUT2D eigenvalue weighted by atomic mass is 9.93. The van der Waals surface area contributed by atoms with Crippen LogP contribution in [0.4, 0.5) is 5.69 Å². The second-order valence-corrected chi connectivity index (χ2v) is 5.66. The van der Waals surface area contributed by atoms with Crippen molar-refractivity contribution < 1.29 is 9.84 Å². The highest BCUT2D eigenvalue weighted by atomic mass is 16.5. The Kier molecular flexibility index (Phi) is 4.25. The second kappa shape index (κ2) is 6.31. The van der Waals surface area contributed by atoms with Crippen LogP contribution in [-0.2, 0) is 0 Å². The molecule has 1 aliphatic heterocycles. The third kappa shape index (κ3) is 2.95. The van der Waals surface area contributed by atoms with Crippen molar-refractivity contribution in [3.05, 3.63) is 30.5 Å². The predicted molar refractivity (Wildman–Crippen MR) is 84.9 cm³/mol. The minimum atomic E-state index is 0.308. The van der Waals surface area contributed by atoms with Gasteiger partial charge < -0.3 is 14.7 Å². The molecule has 21 heavy (non-hydrogen) atoms. The van der Waals surface area contributed by atoms with Crippen LogP contribution in [0.3, 0.4) is 0 Å². The van der Waals surface area contributed by atoms with Gasteiger partial charge in [-0.15, -0.1) is 0 Å². The summed E-state index contributed by atoms with van der Waals surface area (Å²) in [5, 5.41) is 10.2. The maximum Gasteiger partial charge on any atom is 0.121 e. The van der Waals surface area contributed by atoms with Gasteiger partial charge in [0, 0.05) is 43.0 Å². The van der Waals surface area contributed by atoms with Crippen molar-refractivity contribution >= 4 is 16.6 Å². The first-order valence-electron chi connectivity index (χ1n) is 7.60. The number of anilines is 1. The number of nitrogens with zero attached hydrogens (tertiary/aromatic N) is 2. The van der Waals surface area contributed by atoms with E-state index in [-0.39, 0.29) is 0 Å². The highest BCUT2D eigenvalue weighted by molar-refractivity contribution is 5.92. The highest BCUT2D eigenvalue weighted by Gasteiger charge is 2.20. The molecule has 1 aromatic carbocycles. The molecule has 0 amide bonds. The lowest BCUT2D eigenvalue weighted by Crippen LogP contribution is -2.34. The summed E-state index contributed by atoms with van der Waals surface area (Å²) in [7, 11) is 1.68. The molecule has 0 unspecified atom stereocenters. The van der Waals surface area contributed by atoms with E-state index in [4.69, 9.17) is 9.84 Å². The minimum absolute atomic E-state index is 0.308. The van der Waals surface area contributed by atoms with Crippen LogP contribution in [0, 0.1) is 5.92 Å². The van der Waals surface area contributed by atoms with Crippen molar-refractivity contribution in [2.45, 2.75) is 19.3 Å². The van der Waals surface area contributed by atoms with E-state index in [1.807, 2.05) is 18.3 Å². The molecule has 0 aliphatic carbocycles. The van der Waals surface area contributed by atoms with Crippen molar-refractivity contribution in [1.82, 2.24) is 4.98 Å². The smallest absolute Gasteiger partial charge is 0.121 e. The molecular formula is C17H22N2O2. The van der Waals surface area contributed by atoms with Crippen LogP contribution >= 0.6 is 0 Å². The molecule has 2 heterocycles. The largest absolute Gasteiger partial charge is 0.497 e. The molecule has 0 spiro atoms. The first kappa shape index (κ1) is 14.1. The fourth-order valence-electron chi connectivity index (χ4n) is 3.16. The van der Waals surface area contributed by atoms with Crippen LogP contribution in [-0.4, -0.2) is 36.9 Å². The highest BCUT2D eigenvalue weighted by Crippen LogP contribution is 2.31.